The summed E-state index contributed by atoms with van der Waals surface area (Å²) < 4.78 is 6.52. The maximum absolute atomic E-state index is 12.4. The SMILES string of the molecule is O=c1cc(-c2ccc(-c3nnn[nH]3)cc2)oc2c(Br)cc(Cl)cc12. The third-order valence-corrected chi connectivity index (χ3v) is 4.34. The van der Waals surface area contributed by atoms with Crippen LogP contribution in [0.5, 0.6) is 0 Å². The summed E-state index contributed by atoms with van der Waals surface area (Å²) in [5.74, 6) is 1.04. The Bertz CT molecular complexity index is 1090. The van der Waals surface area contributed by atoms with Crippen LogP contribution in [0.1, 0.15) is 0 Å². The predicted octanol–water partition coefficient (Wildman–Crippen LogP) is 4.06. The molecule has 0 spiro atoms. The molecule has 4 aromatic rings. The van der Waals surface area contributed by atoms with Gasteiger partial charge in [0.15, 0.2) is 16.8 Å². The van der Waals surface area contributed by atoms with Crippen LogP contribution >= 0.6 is 27.5 Å². The molecular formula is C16H8BrClN4O2. The lowest BCUT2D eigenvalue weighted by Gasteiger charge is -2.06. The molecule has 0 saturated heterocycles. The first-order chi connectivity index (χ1) is 11.6. The van der Waals surface area contributed by atoms with Crippen molar-refractivity contribution in [3.8, 4) is 22.7 Å². The van der Waals surface area contributed by atoms with Crippen LogP contribution in [0.15, 0.2) is 56.1 Å². The quantitative estimate of drug-likeness (QED) is 0.546. The number of aromatic nitrogens is 4. The van der Waals surface area contributed by atoms with Gasteiger partial charge in [-0.05, 0) is 38.5 Å². The monoisotopic (exact) mass is 402 g/mol. The van der Waals surface area contributed by atoms with Crippen LogP contribution < -0.4 is 5.43 Å². The molecule has 0 fully saturated rings. The topological polar surface area (TPSA) is 84.7 Å². The number of aromatic amines is 1. The second-order valence-electron chi connectivity index (χ2n) is 5.07. The number of nitrogens with zero attached hydrogens (tertiary/aromatic N) is 3. The standard InChI is InChI=1S/C16H8BrClN4O2/c17-12-6-10(18)5-11-13(23)7-14(24-15(11)12)8-1-3-9(4-2-8)16-19-21-22-20-16/h1-7H,(H,19,20,21,22). The summed E-state index contributed by atoms with van der Waals surface area (Å²) in [7, 11) is 0. The Balaban J connectivity index is 1.83. The highest BCUT2D eigenvalue weighted by molar-refractivity contribution is 9.10. The minimum absolute atomic E-state index is 0.155. The van der Waals surface area contributed by atoms with Crippen molar-refractivity contribution in [1.82, 2.24) is 20.6 Å². The Labute approximate surface area is 148 Å². The van der Waals surface area contributed by atoms with E-state index >= 15 is 0 Å². The van der Waals surface area contributed by atoms with Crippen molar-refractivity contribution in [2.45, 2.75) is 0 Å². The highest BCUT2D eigenvalue weighted by Crippen LogP contribution is 2.30. The van der Waals surface area contributed by atoms with Gasteiger partial charge in [-0.25, -0.2) is 5.10 Å². The number of benzene rings is 2. The molecule has 0 aliphatic heterocycles. The lowest BCUT2D eigenvalue weighted by atomic mass is 10.1. The summed E-state index contributed by atoms with van der Waals surface area (Å²) >= 11 is 9.37. The van der Waals surface area contributed by atoms with Crippen LogP contribution in [0, 0.1) is 0 Å². The van der Waals surface area contributed by atoms with Crippen molar-refractivity contribution in [3.05, 3.63) is 62.2 Å². The number of hydrogen-bond acceptors (Lipinski definition) is 5. The number of rotatable bonds is 2. The van der Waals surface area contributed by atoms with Gasteiger partial charge in [0.2, 0.25) is 0 Å². The molecule has 24 heavy (non-hydrogen) atoms. The van der Waals surface area contributed by atoms with E-state index in [0.717, 1.165) is 11.1 Å². The number of fused-ring (bicyclic) bond motifs is 1. The van der Waals surface area contributed by atoms with Gasteiger partial charge in [-0.1, -0.05) is 35.9 Å². The summed E-state index contributed by atoms with van der Waals surface area (Å²) in [5.41, 5.74) is 1.91. The van der Waals surface area contributed by atoms with Crippen LogP contribution in [0.3, 0.4) is 0 Å². The van der Waals surface area contributed by atoms with Gasteiger partial charge in [-0.3, -0.25) is 4.79 Å². The molecule has 2 aromatic carbocycles. The molecule has 0 radical (unpaired) electrons. The fourth-order valence-corrected chi connectivity index (χ4v) is 3.29. The maximum Gasteiger partial charge on any atom is 0.193 e. The second kappa shape index (κ2) is 5.85. The number of halogens is 2. The Kier molecular flexibility index (Phi) is 3.66. The third kappa shape index (κ3) is 2.61. The molecule has 0 unspecified atom stereocenters. The molecule has 2 heterocycles. The van der Waals surface area contributed by atoms with Crippen molar-refractivity contribution < 1.29 is 4.42 Å². The first-order valence-corrected chi connectivity index (χ1v) is 8.06. The van der Waals surface area contributed by atoms with E-state index < -0.39 is 0 Å². The largest absolute Gasteiger partial charge is 0.455 e. The van der Waals surface area contributed by atoms with Crippen LogP contribution in [0.2, 0.25) is 5.02 Å². The van der Waals surface area contributed by atoms with Crippen molar-refractivity contribution in [3.63, 3.8) is 0 Å². The van der Waals surface area contributed by atoms with Gasteiger partial charge >= 0.3 is 0 Å². The van der Waals surface area contributed by atoms with E-state index in [1.165, 1.54) is 6.07 Å². The minimum atomic E-state index is -0.155. The summed E-state index contributed by atoms with van der Waals surface area (Å²) in [6.07, 6.45) is 0. The average molecular weight is 404 g/mol. The van der Waals surface area contributed by atoms with E-state index in [9.17, 15) is 4.79 Å². The van der Waals surface area contributed by atoms with Gasteiger partial charge in [0, 0.05) is 22.2 Å². The molecule has 1 N–H and O–H groups in total. The fraction of sp³-hybridized carbons (Fsp3) is 0. The first kappa shape index (κ1) is 15.0. The zero-order valence-corrected chi connectivity index (χ0v) is 14.3. The Morgan fingerprint density at radius 3 is 2.54 bits per heavy atom. The highest BCUT2D eigenvalue weighted by atomic mass is 79.9. The zero-order chi connectivity index (χ0) is 16.7. The third-order valence-electron chi connectivity index (χ3n) is 3.54. The number of tetrazole rings is 1. The summed E-state index contributed by atoms with van der Waals surface area (Å²) in [6.45, 7) is 0. The smallest absolute Gasteiger partial charge is 0.193 e. The Hall–Kier alpha value is -2.51. The van der Waals surface area contributed by atoms with Crippen molar-refractivity contribution in [1.29, 1.82) is 0 Å². The van der Waals surface area contributed by atoms with E-state index in [-0.39, 0.29) is 5.43 Å². The van der Waals surface area contributed by atoms with Gasteiger partial charge in [0.25, 0.3) is 0 Å². The minimum Gasteiger partial charge on any atom is -0.455 e. The molecule has 0 saturated carbocycles. The van der Waals surface area contributed by atoms with Crippen molar-refractivity contribution in [2.75, 3.05) is 0 Å². The highest BCUT2D eigenvalue weighted by Gasteiger charge is 2.11. The van der Waals surface area contributed by atoms with Crippen LogP contribution in [-0.2, 0) is 0 Å². The lowest BCUT2D eigenvalue weighted by Crippen LogP contribution is -2.00. The predicted molar refractivity (Wildman–Crippen MR) is 93.8 cm³/mol. The molecule has 0 atom stereocenters. The van der Waals surface area contributed by atoms with Gasteiger partial charge < -0.3 is 4.42 Å². The van der Waals surface area contributed by atoms with Gasteiger partial charge in [-0.15, -0.1) is 5.10 Å². The molecule has 0 aliphatic carbocycles. The molecule has 0 aliphatic rings. The van der Waals surface area contributed by atoms with E-state index in [4.69, 9.17) is 16.0 Å². The van der Waals surface area contributed by atoms with Gasteiger partial charge in [-0.2, -0.15) is 0 Å². The van der Waals surface area contributed by atoms with Crippen LogP contribution in [0.4, 0.5) is 0 Å². The maximum atomic E-state index is 12.4. The Morgan fingerprint density at radius 2 is 1.83 bits per heavy atom. The normalized spacial score (nSPS) is 11.1. The van der Waals surface area contributed by atoms with E-state index in [1.54, 1.807) is 12.1 Å². The second-order valence-corrected chi connectivity index (χ2v) is 6.36. The molecule has 0 bridgehead atoms. The molecule has 4 rings (SSSR count). The van der Waals surface area contributed by atoms with Gasteiger partial charge in [0.05, 0.1) is 9.86 Å². The lowest BCUT2D eigenvalue weighted by molar-refractivity contribution is 0.617. The van der Waals surface area contributed by atoms with Crippen molar-refractivity contribution in [2.24, 2.45) is 0 Å². The molecule has 2 aromatic heterocycles. The summed E-state index contributed by atoms with van der Waals surface area (Å²) in [6, 6.07) is 12.1. The molecule has 8 heteroatoms. The molecule has 0 amide bonds. The van der Waals surface area contributed by atoms with Crippen molar-refractivity contribution >= 4 is 38.5 Å². The van der Waals surface area contributed by atoms with Crippen LogP contribution in [-0.4, -0.2) is 20.6 Å². The van der Waals surface area contributed by atoms with Gasteiger partial charge in [0.1, 0.15) is 5.76 Å². The fourth-order valence-electron chi connectivity index (χ4n) is 2.40. The van der Waals surface area contributed by atoms with E-state index in [2.05, 4.69) is 36.6 Å². The van der Waals surface area contributed by atoms with E-state index in [1.807, 2.05) is 24.3 Å². The van der Waals surface area contributed by atoms with Crippen LogP contribution in [0.25, 0.3) is 33.7 Å². The Morgan fingerprint density at radius 1 is 1.08 bits per heavy atom. The average Bonchev–Trinajstić information content (AvgIpc) is 3.10. The molecular weight excluding hydrogens is 396 g/mol. The molecule has 6 nitrogen and oxygen atoms in total. The zero-order valence-electron chi connectivity index (χ0n) is 12.0. The summed E-state index contributed by atoms with van der Waals surface area (Å²) in [4.78, 5) is 12.4. The molecule has 118 valence electrons. The van der Waals surface area contributed by atoms with E-state index in [0.29, 0.717) is 32.0 Å². The number of H-pyrrole nitrogens is 1. The number of nitrogens with one attached hydrogen (secondary N) is 1. The summed E-state index contributed by atoms with van der Waals surface area (Å²) in [5, 5.41) is 14.5. The first-order valence-electron chi connectivity index (χ1n) is 6.89. The number of hydrogen-bond donors (Lipinski definition) is 1.